The molecule has 3 aromatic carbocycles. The molecule has 7 nitrogen and oxygen atoms in total. The summed E-state index contributed by atoms with van der Waals surface area (Å²) in [4.78, 5) is 39.9. The molecule has 3 aliphatic carbocycles. The van der Waals surface area contributed by atoms with E-state index in [1.54, 1.807) is 0 Å². The number of hydrogen-bond acceptors (Lipinski definition) is 5. The van der Waals surface area contributed by atoms with Crippen molar-refractivity contribution in [1.29, 1.82) is 0 Å². The van der Waals surface area contributed by atoms with E-state index in [1.807, 2.05) is 55.5 Å². The highest BCUT2D eigenvalue weighted by molar-refractivity contribution is 6.24. The molecule has 4 aliphatic rings. The lowest BCUT2D eigenvalue weighted by atomic mass is 9.48. The first-order valence-electron chi connectivity index (χ1n) is 10.8. The Balaban J connectivity index is 1.59. The van der Waals surface area contributed by atoms with Crippen LogP contribution in [0.2, 0.25) is 0 Å². The minimum Gasteiger partial charge on any atom is -0.495 e. The van der Waals surface area contributed by atoms with Gasteiger partial charge in [0.15, 0.2) is 0 Å². The lowest BCUT2D eigenvalue weighted by molar-refractivity contribution is -0.384. The predicted molar refractivity (Wildman–Crippen MR) is 120 cm³/mol. The molecule has 33 heavy (non-hydrogen) atoms. The third kappa shape index (κ3) is 2.29. The van der Waals surface area contributed by atoms with Crippen molar-refractivity contribution in [2.24, 2.45) is 11.8 Å². The number of nitrogens with zero attached hydrogens (tertiary/aromatic N) is 2. The smallest absolute Gasteiger partial charge is 0.271 e. The van der Waals surface area contributed by atoms with E-state index >= 15 is 0 Å². The van der Waals surface area contributed by atoms with Crippen molar-refractivity contribution in [3.05, 3.63) is 99.1 Å². The molecule has 7 rings (SSSR count). The number of carbonyl (C=O) groups excluding carboxylic acids is 2. The van der Waals surface area contributed by atoms with Crippen LogP contribution in [0.3, 0.4) is 0 Å². The van der Waals surface area contributed by atoms with Gasteiger partial charge in [-0.1, -0.05) is 55.5 Å². The summed E-state index contributed by atoms with van der Waals surface area (Å²) in [5, 5.41) is 11.4. The van der Waals surface area contributed by atoms with Gasteiger partial charge < -0.3 is 4.74 Å². The second kappa shape index (κ2) is 6.51. The summed E-state index contributed by atoms with van der Waals surface area (Å²) in [6.07, 6.45) is 0. The molecule has 0 aromatic heterocycles. The molecule has 2 amide bonds. The van der Waals surface area contributed by atoms with Gasteiger partial charge in [-0.15, -0.1) is 0 Å². The lowest BCUT2D eigenvalue weighted by Crippen LogP contribution is -2.51. The molecule has 0 spiro atoms. The van der Waals surface area contributed by atoms with E-state index in [9.17, 15) is 19.7 Å². The molecule has 0 saturated carbocycles. The van der Waals surface area contributed by atoms with Crippen molar-refractivity contribution in [1.82, 2.24) is 0 Å². The first-order chi connectivity index (χ1) is 15.9. The summed E-state index contributed by atoms with van der Waals surface area (Å²) in [6, 6.07) is 20.0. The number of ether oxygens (including phenoxy) is 1. The minimum atomic E-state index is -0.692. The Hall–Kier alpha value is -4.00. The molecule has 0 N–H and O–H groups in total. The summed E-state index contributed by atoms with van der Waals surface area (Å²) in [6.45, 7) is 2.04. The zero-order valence-corrected chi connectivity index (χ0v) is 18.0. The summed E-state index contributed by atoms with van der Waals surface area (Å²) in [5.41, 5.74) is 3.47. The number of nitro groups is 1. The quantitative estimate of drug-likeness (QED) is 0.346. The predicted octanol–water partition coefficient (Wildman–Crippen LogP) is 4.17. The van der Waals surface area contributed by atoms with E-state index in [-0.39, 0.29) is 34.9 Å². The Labute approximate surface area is 189 Å². The van der Waals surface area contributed by atoms with Crippen molar-refractivity contribution in [3.8, 4) is 5.75 Å². The number of non-ortho nitro benzene ring substituents is 1. The number of carbonyl (C=O) groups is 2. The fourth-order valence-corrected chi connectivity index (χ4v) is 6.36. The number of hydrogen-bond donors (Lipinski definition) is 0. The Morgan fingerprint density at radius 2 is 1.55 bits per heavy atom. The first-order valence-corrected chi connectivity index (χ1v) is 10.8. The van der Waals surface area contributed by atoms with Gasteiger partial charge in [-0.05, 0) is 28.3 Å². The van der Waals surface area contributed by atoms with Crippen LogP contribution in [-0.4, -0.2) is 23.8 Å². The molecule has 1 heterocycles. The number of benzene rings is 3. The third-order valence-corrected chi connectivity index (χ3v) is 7.66. The molecule has 2 atom stereocenters. The Bertz CT molecular complexity index is 1330. The molecule has 0 unspecified atom stereocenters. The van der Waals surface area contributed by atoms with Crippen LogP contribution in [0.4, 0.5) is 11.4 Å². The van der Waals surface area contributed by atoms with Crippen LogP contribution in [0.15, 0.2) is 66.7 Å². The van der Waals surface area contributed by atoms with E-state index in [2.05, 4.69) is 0 Å². The maximum Gasteiger partial charge on any atom is 0.271 e. The summed E-state index contributed by atoms with van der Waals surface area (Å²) in [5.74, 6) is -1.90. The largest absolute Gasteiger partial charge is 0.495 e. The van der Waals surface area contributed by atoms with E-state index in [4.69, 9.17) is 4.74 Å². The highest BCUT2D eigenvalue weighted by atomic mass is 16.6. The van der Waals surface area contributed by atoms with Crippen molar-refractivity contribution in [2.75, 3.05) is 12.0 Å². The van der Waals surface area contributed by atoms with E-state index < -0.39 is 22.2 Å². The number of nitro benzene ring substituents is 1. The Morgan fingerprint density at radius 1 is 0.939 bits per heavy atom. The van der Waals surface area contributed by atoms with Gasteiger partial charge in [0.05, 0.1) is 23.9 Å². The van der Waals surface area contributed by atoms with Crippen LogP contribution < -0.4 is 9.64 Å². The number of rotatable bonds is 3. The lowest BCUT2D eigenvalue weighted by Gasteiger charge is -2.52. The van der Waals surface area contributed by atoms with Crippen LogP contribution in [0.25, 0.3) is 0 Å². The molecular weight excluding hydrogens is 420 g/mol. The third-order valence-electron chi connectivity index (χ3n) is 7.66. The Kier molecular flexibility index (Phi) is 3.88. The summed E-state index contributed by atoms with van der Waals surface area (Å²) < 4.78 is 5.39. The van der Waals surface area contributed by atoms with E-state index in [1.165, 1.54) is 25.3 Å². The number of methoxy groups -OCH3 is 1. The fraction of sp³-hybridized carbons (Fsp3) is 0.231. The van der Waals surface area contributed by atoms with Crippen molar-refractivity contribution in [2.45, 2.75) is 18.3 Å². The average Bonchev–Trinajstić information content (AvgIpc) is 3.10. The monoisotopic (exact) mass is 440 g/mol. The van der Waals surface area contributed by atoms with Crippen LogP contribution in [0.1, 0.15) is 35.1 Å². The van der Waals surface area contributed by atoms with Gasteiger partial charge in [0.2, 0.25) is 11.8 Å². The summed E-state index contributed by atoms with van der Waals surface area (Å²) >= 11 is 0. The van der Waals surface area contributed by atoms with Gasteiger partial charge in [0.25, 0.3) is 5.69 Å². The van der Waals surface area contributed by atoms with Crippen LogP contribution in [0.5, 0.6) is 5.75 Å². The summed E-state index contributed by atoms with van der Waals surface area (Å²) in [7, 11) is 1.42. The highest BCUT2D eigenvalue weighted by Crippen LogP contribution is 2.64. The zero-order chi connectivity index (χ0) is 23.1. The normalized spacial score (nSPS) is 26.6. The van der Waals surface area contributed by atoms with Crippen molar-refractivity contribution >= 4 is 23.2 Å². The van der Waals surface area contributed by atoms with Gasteiger partial charge in [-0.25, -0.2) is 4.90 Å². The Morgan fingerprint density at radius 3 is 2.12 bits per heavy atom. The molecule has 164 valence electrons. The number of anilines is 1. The van der Waals surface area contributed by atoms with Gasteiger partial charge in [-0.2, -0.15) is 0 Å². The number of amides is 2. The topological polar surface area (TPSA) is 89.8 Å². The molecule has 1 saturated heterocycles. The SMILES string of the molecule is COc1ccc([N+](=O)[O-])cc1N1C(=O)[C@H]2C3c4ccccc4C(C)(c4ccccc43)[C@H]2C1=O. The molecule has 3 aromatic rings. The minimum absolute atomic E-state index is 0.118. The molecule has 7 heteroatoms. The fourth-order valence-electron chi connectivity index (χ4n) is 6.36. The van der Waals surface area contributed by atoms with Gasteiger partial charge in [0.1, 0.15) is 11.4 Å². The molecule has 0 radical (unpaired) electrons. The van der Waals surface area contributed by atoms with Gasteiger partial charge in [-0.3, -0.25) is 19.7 Å². The standard InChI is InChI=1S/C26H20N2O5/c1-26-17-9-5-3-7-15(17)21(16-8-4-6-10-18(16)26)22-23(26)25(30)27(24(22)29)19-13-14(28(31)32)11-12-20(19)33-2/h3-13,21-23H,1-2H3/t21?,22-,23+,26?/m0/s1. The van der Waals surface area contributed by atoms with Crippen LogP contribution in [0, 0.1) is 22.0 Å². The maximum absolute atomic E-state index is 14.0. The molecule has 1 aliphatic heterocycles. The molecular formula is C26H20N2O5. The zero-order valence-electron chi connectivity index (χ0n) is 18.0. The second-order valence-electron chi connectivity index (χ2n) is 8.98. The first kappa shape index (κ1) is 19.7. The highest BCUT2D eigenvalue weighted by Gasteiger charge is 2.66. The van der Waals surface area contributed by atoms with Crippen molar-refractivity contribution < 1.29 is 19.2 Å². The average molecular weight is 440 g/mol. The van der Waals surface area contributed by atoms with Crippen LogP contribution >= 0.6 is 0 Å². The molecule has 1 fully saturated rings. The molecule has 2 bridgehead atoms. The second-order valence-corrected chi connectivity index (χ2v) is 8.98. The maximum atomic E-state index is 14.0. The van der Waals surface area contributed by atoms with E-state index in [0.717, 1.165) is 27.2 Å². The number of imide groups is 1. The van der Waals surface area contributed by atoms with Crippen LogP contribution in [-0.2, 0) is 15.0 Å². The van der Waals surface area contributed by atoms with E-state index in [0.29, 0.717) is 0 Å². The van der Waals surface area contributed by atoms with Gasteiger partial charge in [0, 0.05) is 23.5 Å². The van der Waals surface area contributed by atoms with Crippen molar-refractivity contribution in [3.63, 3.8) is 0 Å². The van der Waals surface area contributed by atoms with Gasteiger partial charge >= 0.3 is 0 Å².